The molecular weight excluding hydrogens is 238 g/mol. The summed E-state index contributed by atoms with van der Waals surface area (Å²) in [5, 5.41) is 3.60. The Labute approximate surface area is 116 Å². The first-order chi connectivity index (χ1) is 9.15. The molecule has 2 rings (SSSR count). The third-order valence-electron chi connectivity index (χ3n) is 3.85. The third-order valence-corrected chi connectivity index (χ3v) is 3.85. The largest absolute Gasteiger partial charge is 0.496 e. The summed E-state index contributed by atoms with van der Waals surface area (Å²) in [5.74, 6) is 1.49. The number of hydrogen-bond donors (Lipinski definition) is 1. The lowest BCUT2D eigenvalue weighted by atomic mass is 9.89. The first-order valence-electron chi connectivity index (χ1n) is 7.15. The molecular formula is C16H25NO2. The van der Waals surface area contributed by atoms with Gasteiger partial charge in [0, 0.05) is 17.5 Å². The molecule has 1 fully saturated rings. The molecule has 1 N–H and O–H groups in total. The van der Waals surface area contributed by atoms with Gasteiger partial charge in [-0.05, 0) is 32.9 Å². The van der Waals surface area contributed by atoms with Gasteiger partial charge in [-0.25, -0.2) is 0 Å². The molecule has 3 atom stereocenters. The Hall–Kier alpha value is -1.06. The fraction of sp³-hybridized carbons (Fsp3) is 0.625. The Kier molecular flexibility index (Phi) is 4.83. The lowest BCUT2D eigenvalue weighted by molar-refractivity contribution is 0.117. The van der Waals surface area contributed by atoms with Gasteiger partial charge in [0.15, 0.2) is 0 Å². The molecule has 1 aromatic rings. The minimum absolute atomic E-state index is 0.310. The van der Waals surface area contributed by atoms with Crippen LogP contribution in [0.25, 0.3) is 0 Å². The molecule has 1 aromatic carbocycles. The van der Waals surface area contributed by atoms with Crippen molar-refractivity contribution in [2.24, 2.45) is 5.92 Å². The Balaban J connectivity index is 2.30. The summed E-state index contributed by atoms with van der Waals surface area (Å²) in [6.07, 6.45) is 1.47. The van der Waals surface area contributed by atoms with Crippen LogP contribution in [-0.2, 0) is 4.74 Å². The maximum Gasteiger partial charge on any atom is 0.123 e. The first kappa shape index (κ1) is 14.4. The number of hydrogen-bond acceptors (Lipinski definition) is 3. The van der Waals surface area contributed by atoms with Gasteiger partial charge in [-0.1, -0.05) is 24.6 Å². The molecule has 0 aliphatic carbocycles. The monoisotopic (exact) mass is 263 g/mol. The molecule has 0 aromatic heterocycles. The predicted octanol–water partition coefficient (Wildman–Crippen LogP) is 3.08. The normalized spacial score (nSPS) is 24.4. The van der Waals surface area contributed by atoms with Crippen molar-refractivity contribution in [3.05, 3.63) is 29.3 Å². The van der Waals surface area contributed by atoms with Crippen molar-refractivity contribution in [3.8, 4) is 5.75 Å². The molecule has 0 spiro atoms. The van der Waals surface area contributed by atoms with Crippen molar-refractivity contribution in [1.82, 2.24) is 5.32 Å². The van der Waals surface area contributed by atoms with Crippen molar-refractivity contribution >= 4 is 0 Å². The highest BCUT2D eigenvalue weighted by molar-refractivity contribution is 5.39. The number of benzene rings is 1. The first-order valence-corrected chi connectivity index (χ1v) is 7.15. The maximum atomic E-state index is 5.74. The van der Waals surface area contributed by atoms with Crippen molar-refractivity contribution < 1.29 is 9.47 Å². The van der Waals surface area contributed by atoms with E-state index in [-0.39, 0.29) is 0 Å². The minimum Gasteiger partial charge on any atom is -0.496 e. The van der Waals surface area contributed by atoms with Gasteiger partial charge in [0.25, 0.3) is 0 Å². The average molecular weight is 263 g/mol. The van der Waals surface area contributed by atoms with Gasteiger partial charge in [-0.3, -0.25) is 0 Å². The Morgan fingerprint density at radius 2 is 2.26 bits per heavy atom. The van der Waals surface area contributed by atoms with Crippen LogP contribution in [0.3, 0.4) is 0 Å². The van der Waals surface area contributed by atoms with Crippen LogP contribution in [0, 0.1) is 12.8 Å². The van der Waals surface area contributed by atoms with Crippen molar-refractivity contribution in [1.29, 1.82) is 0 Å². The summed E-state index contributed by atoms with van der Waals surface area (Å²) in [4.78, 5) is 0. The summed E-state index contributed by atoms with van der Waals surface area (Å²) in [5.41, 5.74) is 2.53. The summed E-state index contributed by atoms with van der Waals surface area (Å²) >= 11 is 0. The van der Waals surface area contributed by atoms with Crippen LogP contribution in [-0.4, -0.2) is 26.4 Å². The molecule has 19 heavy (non-hydrogen) atoms. The van der Waals surface area contributed by atoms with E-state index in [1.54, 1.807) is 7.11 Å². The summed E-state index contributed by atoms with van der Waals surface area (Å²) < 4.78 is 11.3. The number of methoxy groups -OCH3 is 1. The molecule has 106 valence electrons. The summed E-state index contributed by atoms with van der Waals surface area (Å²) in [6.45, 7) is 8.20. The molecule has 1 saturated heterocycles. The molecule has 0 bridgehead atoms. The molecule has 1 aliphatic heterocycles. The Morgan fingerprint density at radius 3 is 2.84 bits per heavy atom. The van der Waals surface area contributed by atoms with Crippen LogP contribution in [0.2, 0.25) is 0 Å². The van der Waals surface area contributed by atoms with Gasteiger partial charge in [-0.15, -0.1) is 0 Å². The van der Waals surface area contributed by atoms with Gasteiger partial charge >= 0.3 is 0 Å². The van der Waals surface area contributed by atoms with E-state index in [9.17, 15) is 0 Å². The second-order valence-electron chi connectivity index (χ2n) is 5.42. The molecule has 1 aliphatic rings. The van der Waals surface area contributed by atoms with Crippen molar-refractivity contribution in [2.45, 2.75) is 39.3 Å². The third kappa shape index (κ3) is 3.28. The van der Waals surface area contributed by atoms with Crippen molar-refractivity contribution in [2.75, 3.05) is 20.3 Å². The molecule has 0 amide bonds. The highest BCUT2D eigenvalue weighted by atomic mass is 16.5. The fourth-order valence-electron chi connectivity index (χ4n) is 2.93. The second kappa shape index (κ2) is 6.40. The quantitative estimate of drug-likeness (QED) is 0.885. The smallest absolute Gasteiger partial charge is 0.123 e. The Bertz CT molecular complexity index is 419. The van der Waals surface area contributed by atoms with Crippen LogP contribution in [0.15, 0.2) is 18.2 Å². The van der Waals surface area contributed by atoms with Gasteiger partial charge in [0.2, 0.25) is 0 Å². The van der Waals surface area contributed by atoms with Gasteiger partial charge in [-0.2, -0.15) is 0 Å². The van der Waals surface area contributed by atoms with Crippen LogP contribution in [0.1, 0.15) is 37.4 Å². The van der Waals surface area contributed by atoms with Crippen molar-refractivity contribution in [3.63, 3.8) is 0 Å². The number of ether oxygens (including phenoxy) is 2. The molecule has 1 heterocycles. The van der Waals surface area contributed by atoms with E-state index < -0.39 is 0 Å². The highest BCUT2D eigenvalue weighted by Gasteiger charge is 2.31. The van der Waals surface area contributed by atoms with E-state index in [4.69, 9.17) is 9.47 Å². The Morgan fingerprint density at radius 1 is 1.47 bits per heavy atom. The molecule has 0 saturated carbocycles. The molecule has 0 radical (unpaired) electrons. The second-order valence-corrected chi connectivity index (χ2v) is 5.42. The SMILES string of the molecule is CCNC(c1cc(C)ccc1OC)C1COC(C)C1. The average Bonchev–Trinajstić information content (AvgIpc) is 2.82. The van der Waals surface area contributed by atoms with E-state index in [0.717, 1.165) is 25.3 Å². The summed E-state index contributed by atoms with van der Waals surface area (Å²) in [6, 6.07) is 6.70. The lowest BCUT2D eigenvalue weighted by Crippen LogP contribution is -2.29. The fourth-order valence-corrected chi connectivity index (χ4v) is 2.93. The zero-order valence-electron chi connectivity index (χ0n) is 12.4. The van der Waals surface area contributed by atoms with Gasteiger partial charge in [0.05, 0.1) is 19.8 Å². The van der Waals surface area contributed by atoms with Crippen LogP contribution < -0.4 is 10.1 Å². The zero-order valence-corrected chi connectivity index (χ0v) is 12.4. The molecule has 3 nitrogen and oxygen atoms in total. The highest BCUT2D eigenvalue weighted by Crippen LogP contribution is 2.36. The number of nitrogens with one attached hydrogen (secondary N) is 1. The zero-order chi connectivity index (χ0) is 13.8. The van der Waals surface area contributed by atoms with Crippen LogP contribution in [0.5, 0.6) is 5.75 Å². The summed E-state index contributed by atoms with van der Waals surface area (Å²) in [7, 11) is 1.74. The van der Waals surface area contributed by atoms with E-state index >= 15 is 0 Å². The van der Waals surface area contributed by atoms with E-state index in [0.29, 0.717) is 18.1 Å². The van der Waals surface area contributed by atoms with E-state index in [2.05, 4.69) is 44.3 Å². The lowest BCUT2D eigenvalue weighted by Gasteiger charge is -2.26. The van der Waals surface area contributed by atoms with Gasteiger partial charge < -0.3 is 14.8 Å². The van der Waals surface area contributed by atoms with E-state index in [1.165, 1.54) is 11.1 Å². The number of rotatable bonds is 5. The molecule has 3 unspecified atom stereocenters. The van der Waals surface area contributed by atoms with Crippen LogP contribution >= 0.6 is 0 Å². The maximum absolute atomic E-state index is 5.74. The van der Waals surface area contributed by atoms with Crippen LogP contribution in [0.4, 0.5) is 0 Å². The standard InChI is InChI=1S/C16H25NO2/c1-5-17-16(13-9-12(3)19-10-13)14-8-11(2)6-7-15(14)18-4/h6-8,12-13,16-17H,5,9-10H2,1-4H3. The topological polar surface area (TPSA) is 30.5 Å². The predicted molar refractivity (Wildman–Crippen MR) is 77.7 cm³/mol. The molecule has 3 heteroatoms. The van der Waals surface area contributed by atoms with E-state index in [1.807, 2.05) is 0 Å². The van der Waals surface area contributed by atoms with Gasteiger partial charge in [0.1, 0.15) is 5.75 Å². The minimum atomic E-state index is 0.310. The number of aryl methyl sites for hydroxylation is 1.